The van der Waals surface area contributed by atoms with Gasteiger partial charge in [-0.1, -0.05) is 0 Å². The summed E-state index contributed by atoms with van der Waals surface area (Å²) in [5, 5.41) is 9.76. The van der Waals surface area contributed by atoms with Crippen molar-refractivity contribution in [2.45, 2.75) is 25.9 Å². The quantitative estimate of drug-likeness (QED) is 0.822. The van der Waals surface area contributed by atoms with Crippen molar-refractivity contribution < 1.29 is 13.5 Å². The largest absolute Gasteiger partial charge is 0.387 e. The first-order valence-electron chi connectivity index (χ1n) is 5.04. The molecule has 1 aromatic heterocycles. The molecule has 90 valence electrons. The Hall–Kier alpha value is -1.01. The Balaban J connectivity index is 2.50. The fourth-order valence-electron chi connectivity index (χ4n) is 1.35. The Morgan fingerprint density at radius 3 is 2.75 bits per heavy atom. The Morgan fingerprint density at radius 2 is 2.19 bits per heavy atom. The lowest BCUT2D eigenvalue weighted by Crippen LogP contribution is -2.07. The van der Waals surface area contributed by atoms with Crippen LogP contribution < -0.4 is 0 Å². The fraction of sp³-hybridized carbons (Fsp3) is 0.600. The minimum absolute atomic E-state index is 0.0914. The molecule has 1 N–H and O–H groups in total. The van der Waals surface area contributed by atoms with E-state index < -0.39 is 15.9 Å². The lowest BCUT2D eigenvalue weighted by Gasteiger charge is -2.09. The minimum atomic E-state index is -2.95. The molecule has 16 heavy (non-hydrogen) atoms. The molecule has 1 aromatic rings. The first-order chi connectivity index (χ1) is 7.38. The minimum Gasteiger partial charge on any atom is -0.387 e. The Kier molecular flexibility index (Phi) is 4.37. The molecule has 0 amide bonds. The van der Waals surface area contributed by atoms with Gasteiger partial charge in [0.25, 0.3) is 0 Å². The predicted octanol–water partition coefficient (Wildman–Crippen LogP) is 0.643. The van der Waals surface area contributed by atoms with Gasteiger partial charge in [0, 0.05) is 18.2 Å². The van der Waals surface area contributed by atoms with Crippen molar-refractivity contribution in [3.8, 4) is 0 Å². The highest BCUT2D eigenvalue weighted by atomic mass is 32.2. The van der Waals surface area contributed by atoms with Crippen LogP contribution in [-0.2, 0) is 9.84 Å². The molecule has 1 atom stereocenters. The fourth-order valence-corrected chi connectivity index (χ4v) is 2.04. The van der Waals surface area contributed by atoms with E-state index in [1.54, 1.807) is 19.2 Å². The van der Waals surface area contributed by atoms with Gasteiger partial charge in [0.15, 0.2) is 0 Å². The molecular weight excluding hydrogens is 228 g/mol. The molecule has 0 radical (unpaired) electrons. The zero-order chi connectivity index (χ0) is 12.2. The Labute approximate surface area is 95.5 Å². The summed E-state index contributed by atoms with van der Waals surface area (Å²) in [4.78, 5) is 8.00. The van der Waals surface area contributed by atoms with Crippen LogP contribution in [0.2, 0.25) is 0 Å². The summed E-state index contributed by atoms with van der Waals surface area (Å²) in [5.74, 6) is 0.688. The van der Waals surface area contributed by atoms with E-state index in [-0.39, 0.29) is 5.75 Å². The van der Waals surface area contributed by atoms with Crippen molar-refractivity contribution in [2.24, 2.45) is 0 Å². The molecule has 0 spiro atoms. The van der Waals surface area contributed by atoms with Crippen molar-refractivity contribution in [2.75, 3.05) is 12.0 Å². The normalized spacial score (nSPS) is 13.7. The molecule has 1 unspecified atom stereocenters. The third-order valence-corrected chi connectivity index (χ3v) is 3.16. The number of hydrogen-bond acceptors (Lipinski definition) is 5. The predicted molar refractivity (Wildman–Crippen MR) is 60.7 cm³/mol. The Bertz CT molecular complexity index is 445. The van der Waals surface area contributed by atoms with Gasteiger partial charge in [0.05, 0.1) is 11.8 Å². The molecule has 0 saturated carbocycles. The molecule has 1 heterocycles. The zero-order valence-electron chi connectivity index (χ0n) is 9.42. The molecule has 0 aliphatic heterocycles. The van der Waals surface area contributed by atoms with Crippen molar-refractivity contribution in [1.29, 1.82) is 0 Å². The lowest BCUT2D eigenvalue weighted by molar-refractivity contribution is 0.161. The van der Waals surface area contributed by atoms with Crippen LogP contribution in [0.4, 0.5) is 0 Å². The van der Waals surface area contributed by atoms with E-state index in [2.05, 4.69) is 9.97 Å². The van der Waals surface area contributed by atoms with Crippen LogP contribution >= 0.6 is 0 Å². The summed E-state index contributed by atoms with van der Waals surface area (Å²) in [6.45, 7) is 1.74. The van der Waals surface area contributed by atoms with Gasteiger partial charge in [-0.05, 0) is 25.8 Å². The molecule has 0 aromatic carbocycles. The molecule has 0 saturated heterocycles. The molecule has 0 aliphatic carbocycles. The number of aryl methyl sites for hydroxylation is 1. The number of aliphatic hydroxyl groups excluding tert-OH is 1. The van der Waals surface area contributed by atoms with Gasteiger partial charge in [-0.15, -0.1) is 0 Å². The summed E-state index contributed by atoms with van der Waals surface area (Å²) in [6, 6.07) is 1.64. The van der Waals surface area contributed by atoms with Crippen LogP contribution in [0.3, 0.4) is 0 Å². The molecule has 0 fully saturated rings. The highest BCUT2D eigenvalue weighted by molar-refractivity contribution is 7.90. The number of sulfone groups is 1. The van der Waals surface area contributed by atoms with Crippen molar-refractivity contribution >= 4 is 9.84 Å². The maximum atomic E-state index is 10.9. The van der Waals surface area contributed by atoms with Gasteiger partial charge in [0.2, 0.25) is 0 Å². The number of rotatable bonds is 5. The van der Waals surface area contributed by atoms with Crippen LogP contribution in [0.15, 0.2) is 12.3 Å². The van der Waals surface area contributed by atoms with Crippen LogP contribution in [0.25, 0.3) is 0 Å². The number of aliphatic hydroxyl groups is 1. The summed E-state index contributed by atoms with van der Waals surface area (Å²) in [7, 11) is -2.95. The molecular formula is C10H16N2O3S. The summed E-state index contributed by atoms with van der Waals surface area (Å²) >= 11 is 0. The second-order valence-electron chi connectivity index (χ2n) is 3.82. The lowest BCUT2D eigenvalue weighted by atomic mass is 10.1. The number of hydrogen-bond donors (Lipinski definition) is 1. The standard InChI is InChI=1S/C10H16N2O3S/c1-8-11-6-5-9(12-8)10(13)4-3-7-16(2,14)15/h5-6,10,13H,3-4,7H2,1-2H3. The van der Waals surface area contributed by atoms with Crippen LogP contribution in [0.5, 0.6) is 0 Å². The van der Waals surface area contributed by atoms with E-state index in [9.17, 15) is 13.5 Å². The maximum absolute atomic E-state index is 10.9. The first kappa shape index (κ1) is 13.1. The smallest absolute Gasteiger partial charge is 0.147 e. The highest BCUT2D eigenvalue weighted by Gasteiger charge is 2.11. The van der Waals surface area contributed by atoms with E-state index in [4.69, 9.17) is 0 Å². The number of nitrogens with zero attached hydrogens (tertiary/aromatic N) is 2. The Morgan fingerprint density at radius 1 is 1.50 bits per heavy atom. The molecule has 1 rings (SSSR count). The SMILES string of the molecule is Cc1nccc(C(O)CCCS(C)(=O)=O)n1. The molecule has 5 nitrogen and oxygen atoms in total. The van der Waals surface area contributed by atoms with Gasteiger partial charge >= 0.3 is 0 Å². The van der Waals surface area contributed by atoms with Gasteiger partial charge in [-0.2, -0.15) is 0 Å². The van der Waals surface area contributed by atoms with Crippen LogP contribution in [-0.4, -0.2) is 35.5 Å². The topological polar surface area (TPSA) is 80.2 Å². The zero-order valence-corrected chi connectivity index (χ0v) is 10.2. The molecule has 0 aliphatic rings. The van der Waals surface area contributed by atoms with Crippen molar-refractivity contribution in [3.05, 3.63) is 23.8 Å². The highest BCUT2D eigenvalue weighted by Crippen LogP contribution is 2.15. The summed E-state index contributed by atoms with van der Waals surface area (Å²) < 4.78 is 21.8. The summed E-state index contributed by atoms with van der Waals surface area (Å²) in [5.41, 5.74) is 0.543. The van der Waals surface area contributed by atoms with Gasteiger partial charge in [-0.3, -0.25) is 0 Å². The second-order valence-corrected chi connectivity index (χ2v) is 6.08. The third-order valence-electron chi connectivity index (χ3n) is 2.13. The van der Waals surface area contributed by atoms with E-state index in [0.29, 0.717) is 24.4 Å². The van der Waals surface area contributed by atoms with Crippen LogP contribution in [0.1, 0.15) is 30.5 Å². The van der Waals surface area contributed by atoms with Gasteiger partial charge < -0.3 is 5.11 Å². The van der Waals surface area contributed by atoms with Gasteiger partial charge in [-0.25, -0.2) is 18.4 Å². The van der Waals surface area contributed by atoms with Crippen molar-refractivity contribution in [3.63, 3.8) is 0 Å². The van der Waals surface area contributed by atoms with E-state index in [1.165, 1.54) is 6.26 Å². The second kappa shape index (κ2) is 5.36. The van der Waals surface area contributed by atoms with Crippen LogP contribution in [0, 0.1) is 6.92 Å². The third kappa shape index (κ3) is 4.67. The van der Waals surface area contributed by atoms with E-state index >= 15 is 0 Å². The van der Waals surface area contributed by atoms with E-state index in [0.717, 1.165) is 0 Å². The van der Waals surface area contributed by atoms with Crippen molar-refractivity contribution in [1.82, 2.24) is 9.97 Å². The summed E-state index contributed by atoms with van der Waals surface area (Å²) in [6.07, 6.45) is 2.88. The average molecular weight is 244 g/mol. The van der Waals surface area contributed by atoms with Gasteiger partial charge in [0.1, 0.15) is 15.7 Å². The number of aromatic nitrogens is 2. The molecule has 0 bridgehead atoms. The average Bonchev–Trinajstić information content (AvgIpc) is 2.15. The molecule has 6 heteroatoms. The maximum Gasteiger partial charge on any atom is 0.147 e. The monoisotopic (exact) mass is 244 g/mol. The van der Waals surface area contributed by atoms with E-state index in [1.807, 2.05) is 0 Å². The first-order valence-corrected chi connectivity index (χ1v) is 7.10.